The maximum Gasteiger partial charge on any atom is 0.254 e. The molecule has 4 rings (SSSR count). The molecule has 0 saturated carbocycles. The van der Waals surface area contributed by atoms with E-state index in [1.807, 2.05) is 42.5 Å². The molecular weight excluding hydrogens is 402 g/mol. The van der Waals surface area contributed by atoms with Crippen molar-refractivity contribution < 1.29 is 4.79 Å². The molecule has 0 atom stereocenters. The van der Waals surface area contributed by atoms with Crippen molar-refractivity contribution in [3.63, 3.8) is 0 Å². The minimum Gasteiger partial charge on any atom is -0.367 e. The van der Waals surface area contributed by atoms with Gasteiger partial charge in [0.25, 0.3) is 5.91 Å². The van der Waals surface area contributed by atoms with Crippen LogP contribution < -0.4 is 10.6 Å². The van der Waals surface area contributed by atoms with Crippen LogP contribution in [0.4, 0.5) is 5.82 Å². The van der Waals surface area contributed by atoms with Crippen LogP contribution in [0.2, 0.25) is 5.15 Å². The fourth-order valence-corrected chi connectivity index (χ4v) is 3.57. The van der Waals surface area contributed by atoms with Crippen LogP contribution in [0, 0.1) is 13.8 Å². The summed E-state index contributed by atoms with van der Waals surface area (Å²) in [6, 6.07) is 11.4. The largest absolute Gasteiger partial charge is 0.367 e. The number of carbonyl (C=O) groups is 1. The summed E-state index contributed by atoms with van der Waals surface area (Å²) >= 11 is 6.04. The molecule has 0 aliphatic heterocycles. The Labute approximate surface area is 178 Å². The van der Waals surface area contributed by atoms with Gasteiger partial charge in [0.1, 0.15) is 11.0 Å². The number of aryl methyl sites for hydroxylation is 2. The number of hydrogen-bond acceptors (Lipinski definition) is 6. The quantitative estimate of drug-likeness (QED) is 0.348. The number of para-hydroxylation sites is 2. The van der Waals surface area contributed by atoms with Crippen LogP contribution >= 0.6 is 11.6 Å². The molecule has 0 aliphatic carbocycles. The molecule has 154 valence electrons. The predicted octanol–water partition coefficient (Wildman–Crippen LogP) is 3.56. The number of amides is 1. The van der Waals surface area contributed by atoms with Crippen LogP contribution in [-0.2, 0) is 0 Å². The van der Waals surface area contributed by atoms with Crippen LogP contribution in [0.3, 0.4) is 0 Å². The van der Waals surface area contributed by atoms with Crippen molar-refractivity contribution >= 4 is 40.0 Å². The Morgan fingerprint density at radius 1 is 1.03 bits per heavy atom. The molecule has 0 spiro atoms. The van der Waals surface area contributed by atoms with Crippen LogP contribution in [0.5, 0.6) is 0 Å². The third kappa shape index (κ3) is 4.04. The molecule has 3 heterocycles. The Morgan fingerprint density at radius 2 is 1.83 bits per heavy atom. The molecule has 0 saturated heterocycles. The third-order valence-corrected chi connectivity index (χ3v) is 5.09. The van der Waals surface area contributed by atoms with Gasteiger partial charge in [0.2, 0.25) is 5.65 Å². The molecule has 4 aromatic rings. The zero-order chi connectivity index (χ0) is 21.1. The Bertz CT molecular complexity index is 1220. The van der Waals surface area contributed by atoms with E-state index in [4.69, 9.17) is 16.6 Å². The predicted molar refractivity (Wildman–Crippen MR) is 117 cm³/mol. The van der Waals surface area contributed by atoms with E-state index in [0.717, 1.165) is 35.4 Å². The van der Waals surface area contributed by atoms with Crippen LogP contribution in [0.1, 0.15) is 34.7 Å². The van der Waals surface area contributed by atoms with Gasteiger partial charge in [-0.05, 0) is 51.0 Å². The van der Waals surface area contributed by atoms with Gasteiger partial charge >= 0.3 is 0 Å². The first kappa shape index (κ1) is 20.0. The molecule has 30 heavy (non-hydrogen) atoms. The van der Waals surface area contributed by atoms with Crippen LogP contribution in [-0.4, -0.2) is 43.6 Å². The van der Waals surface area contributed by atoms with Gasteiger partial charge in [-0.2, -0.15) is 0 Å². The van der Waals surface area contributed by atoms with Gasteiger partial charge in [-0.15, -0.1) is 10.2 Å². The molecule has 8 nitrogen and oxygen atoms in total. The highest BCUT2D eigenvalue weighted by molar-refractivity contribution is 6.32. The zero-order valence-electron chi connectivity index (χ0n) is 16.8. The van der Waals surface area contributed by atoms with Gasteiger partial charge in [-0.3, -0.25) is 9.20 Å². The van der Waals surface area contributed by atoms with E-state index in [1.54, 1.807) is 12.1 Å². The minimum atomic E-state index is -0.211. The van der Waals surface area contributed by atoms with Gasteiger partial charge in [-0.25, -0.2) is 9.97 Å². The highest BCUT2D eigenvalue weighted by atomic mass is 35.5. The average Bonchev–Trinajstić information content (AvgIpc) is 3.12. The van der Waals surface area contributed by atoms with Crippen molar-refractivity contribution in [2.45, 2.75) is 26.7 Å². The zero-order valence-corrected chi connectivity index (χ0v) is 17.6. The summed E-state index contributed by atoms with van der Waals surface area (Å²) in [5, 5.41) is 14.9. The number of halogens is 1. The summed E-state index contributed by atoms with van der Waals surface area (Å²) in [5.41, 5.74) is 3.74. The number of carbonyl (C=O) groups excluding carboxylic acids is 1. The van der Waals surface area contributed by atoms with E-state index in [0.29, 0.717) is 30.1 Å². The van der Waals surface area contributed by atoms with E-state index in [1.165, 1.54) is 0 Å². The number of hydrogen-bond donors (Lipinski definition) is 2. The Kier molecular flexibility index (Phi) is 5.76. The molecule has 1 amide bonds. The van der Waals surface area contributed by atoms with Gasteiger partial charge in [0.05, 0.1) is 16.6 Å². The molecule has 0 aliphatic rings. The summed E-state index contributed by atoms with van der Waals surface area (Å²) in [6.45, 7) is 5.01. The number of benzene rings is 1. The van der Waals surface area contributed by atoms with E-state index in [2.05, 4.69) is 25.8 Å². The first-order valence-electron chi connectivity index (χ1n) is 9.80. The highest BCUT2D eigenvalue weighted by Gasteiger charge is 2.13. The molecule has 9 heteroatoms. The third-order valence-electron chi connectivity index (χ3n) is 4.81. The summed E-state index contributed by atoms with van der Waals surface area (Å²) in [5.74, 6) is 1.31. The van der Waals surface area contributed by atoms with Crippen molar-refractivity contribution in [1.82, 2.24) is 29.9 Å². The smallest absolute Gasteiger partial charge is 0.254 e. The summed E-state index contributed by atoms with van der Waals surface area (Å²) in [6.07, 6.45) is 1.67. The number of rotatable bonds is 7. The SMILES string of the molecule is Cc1ccc(C(=O)NCCCCNc2nc3ccccc3n3c(C)nnc23)c(Cl)n1. The number of nitrogens with one attached hydrogen (secondary N) is 2. The minimum absolute atomic E-state index is 0.211. The van der Waals surface area contributed by atoms with Gasteiger partial charge in [0.15, 0.2) is 5.82 Å². The second-order valence-electron chi connectivity index (χ2n) is 7.04. The molecule has 0 bridgehead atoms. The lowest BCUT2D eigenvalue weighted by atomic mass is 10.2. The van der Waals surface area contributed by atoms with Crippen LogP contribution in [0.25, 0.3) is 16.7 Å². The number of pyridine rings is 1. The van der Waals surface area contributed by atoms with Gasteiger partial charge < -0.3 is 10.6 Å². The molecule has 0 radical (unpaired) electrons. The molecule has 0 fully saturated rings. The Balaban J connectivity index is 1.32. The van der Waals surface area contributed by atoms with E-state index in [9.17, 15) is 4.79 Å². The van der Waals surface area contributed by atoms with Crippen molar-refractivity contribution in [2.24, 2.45) is 0 Å². The van der Waals surface area contributed by atoms with Crippen molar-refractivity contribution in [1.29, 1.82) is 0 Å². The second kappa shape index (κ2) is 8.62. The standard InChI is InChI=1S/C21H22ClN7O/c1-13-9-10-15(18(22)25-13)21(30)24-12-6-5-11-23-19-20-28-27-14(2)29(20)17-8-4-3-7-16(17)26-19/h3-4,7-10H,5-6,11-12H2,1-2H3,(H,23,26)(H,24,30). The maximum absolute atomic E-state index is 12.2. The lowest BCUT2D eigenvalue weighted by Gasteiger charge is -2.10. The van der Waals surface area contributed by atoms with Crippen molar-refractivity contribution in [2.75, 3.05) is 18.4 Å². The molecule has 3 aromatic heterocycles. The van der Waals surface area contributed by atoms with E-state index < -0.39 is 0 Å². The fourth-order valence-electron chi connectivity index (χ4n) is 3.29. The van der Waals surface area contributed by atoms with Crippen molar-refractivity contribution in [3.8, 4) is 0 Å². The summed E-state index contributed by atoms with van der Waals surface area (Å²) in [4.78, 5) is 21.0. The molecule has 1 aromatic carbocycles. The molecule has 2 N–H and O–H groups in total. The summed E-state index contributed by atoms with van der Waals surface area (Å²) in [7, 11) is 0. The lowest BCUT2D eigenvalue weighted by Crippen LogP contribution is -2.25. The van der Waals surface area contributed by atoms with E-state index in [-0.39, 0.29) is 11.1 Å². The van der Waals surface area contributed by atoms with Gasteiger partial charge in [-0.1, -0.05) is 23.7 Å². The fraction of sp³-hybridized carbons (Fsp3) is 0.286. The molecular formula is C21H22ClN7O. The average molecular weight is 424 g/mol. The number of nitrogens with zero attached hydrogens (tertiary/aromatic N) is 5. The van der Waals surface area contributed by atoms with Crippen LogP contribution in [0.15, 0.2) is 36.4 Å². The summed E-state index contributed by atoms with van der Waals surface area (Å²) < 4.78 is 2.00. The van der Waals surface area contributed by atoms with Gasteiger partial charge in [0, 0.05) is 18.8 Å². The van der Waals surface area contributed by atoms with Crippen molar-refractivity contribution in [3.05, 3.63) is 58.6 Å². The normalized spacial score (nSPS) is 11.2. The lowest BCUT2D eigenvalue weighted by molar-refractivity contribution is 0.0953. The Hall–Kier alpha value is -3.26. The number of fused-ring (bicyclic) bond motifs is 3. The number of aromatic nitrogens is 5. The number of anilines is 1. The monoisotopic (exact) mass is 423 g/mol. The number of unbranched alkanes of at least 4 members (excludes halogenated alkanes) is 1. The second-order valence-corrected chi connectivity index (χ2v) is 7.39. The topological polar surface area (TPSA) is 97.1 Å². The molecule has 0 unspecified atom stereocenters. The first-order chi connectivity index (χ1) is 14.5. The Morgan fingerprint density at radius 3 is 2.67 bits per heavy atom. The maximum atomic E-state index is 12.2. The highest BCUT2D eigenvalue weighted by Crippen LogP contribution is 2.21. The first-order valence-corrected chi connectivity index (χ1v) is 10.2. The van der Waals surface area contributed by atoms with E-state index >= 15 is 0 Å².